The molecule has 1 aliphatic heterocycles. The van der Waals surface area contributed by atoms with Gasteiger partial charge in [-0.05, 0) is 86.4 Å². The van der Waals surface area contributed by atoms with Gasteiger partial charge in [0.1, 0.15) is 5.82 Å². The van der Waals surface area contributed by atoms with Gasteiger partial charge in [0.15, 0.2) is 0 Å². The Kier molecular flexibility index (Phi) is 6.29. The molecule has 2 atom stereocenters. The molecule has 4 heteroatoms. The number of rotatable bonds is 5. The maximum Gasteiger partial charge on any atom is 0.224 e. The number of nitrogens with one attached hydrogen (secondary N) is 1. The number of hydrogen-bond acceptors (Lipinski definition) is 2. The normalized spacial score (nSPS) is 20.7. The summed E-state index contributed by atoms with van der Waals surface area (Å²) in [6, 6.07) is 13.4. The predicted octanol–water partition coefficient (Wildman–Crippen LogP) is 4.79. The summed E-state index contributed by atoms with van der Waals surface area (Å²) in [6.07, 6.45) is 6.85. The van der Waals surface area contributed by atoms with Crippen LogP contribution in [0, 0.1) is 11.7 Å². The Balaban J connectivity index is 1.34. The number of benzene rings is 2. The predicted molar refractivity (Wildman–Crippen MR) is 114 cm³/mol. The number of carbonyl (C=O) groups excluding carboxylic acids is 1. The number of likely N-dealkylation sites (tertiary alicyclic amines) is 1. The van der Waals surface area contributed by atoms with E-state index in [1.54, 1.807) is 0 Å². The van der Waals surface area contributed by atoms with Gasteiger partial charge in [-0.25, -0.2) is 4.39 Å². The summed E-state index contributed by atoms with van der Waals surface area (Å²) in [4.78, 5) is 15.2. The highest BCUT2D eigenvalue weighted by molar-refractivity contribution is 5.79. The Morgan fingerprint density at radius 1 is 1.10 bits per heavy atom. The molecule has 1 fully saturated rings. The van der Waals surface area contributed by atoms with Crippen LogP contribution in [-0.2, 0) is 24.2 Å². The van der Waals surface area contributed by atoms with Crippen LogP contribution in [0.4, 0.5) is 4.39 Å². The third kappa shape index (κ3) is 5.05. The fourth-order valence-corrected chi connectivity index (χ4v) is 4.70. The minimum Gasteiger partial charge on any atom is -0.349 e. The molecule has 0 radical (unpaired) electrons. The molecular formula is C25H31FN2O. The number of fused-ring (bicyclic) bond motifs is 1. The summed E-state index contributed by atoms with van der Waals surface area (Å²) in [6.45, 7) is 4.60. The molecule has 0 unspecified atom stereocenters. The van der Waals surface area contributed by atoms with Crippen molar-refractivity contribution in [2.24, 2.45) is 5.92 Å². The summed E-state index contributed by atoms with van der Waals surface area (Å²) in [5.74, 6) is -0.0379. The van der Waals surface area contributed by atoms with Crippen LogP contribution in [0.2, 0.25) is 0 Å². The second kappa shape index (κ2) is 9.08. The molecule has 1 aliphatic carbocycles. The van der Waals surface area contributed by atoms with Crippen molar-refractivity contribution < 1.29 is 9.18 Å². The fraction of sp³-hybridized carbons (Fsp3) is 0.480. The summed E-state index contributed by atoms with van der Waals surface area (Å²) >= 11 is 0. The molecule has 3 nitrogen and oxygen atoms in total. The lowest BCUT2D eigenvalue weighted by Crippen LogP contribution is -2.43. The number of aryl methyl sites for hydroxylation is 2. The van der Waals surface area contributed by atoms with E-state index in [0.29, 0.717) is 0 Å². The average molecular weight is 395 g/mol. The van der Waals surface area contributed by atoms with Crippen molar-refractivity contribution in [2.75, 3.05) is 13.1 Å². The Morgan fingerprint density at radius 3 is 2.66 bits per heavy atom. The third-order valence-electron chi connectivity index (χ3n) is 6.43. The molecule has 1 amide bonds. The van der Waals surface area contributed by atoms with Gasteiger partial charge in [0.2, 0.25) is 5.91 Å². The molecule has 2 aliphatic rings. The van der Waals surface area contributed by atoms with Crippen molar-refractivity contribution in [3.63, 3.8) is 0 Å². The monoisotopic (exact) mass is 394 g/mol. The standard InChI is InChI=1S/C25H31FN2O/c1-18(21-11-10-20-5-2-3-6-22(20)15-21)27-25(29)23-7-4-14-28(17-23)16-19-8-12-24(26)13-9-19/h8-13,15,18,23H,2-7,14,16-17H2,1H3,(H,27,29)/t18-,23+/m0/s1. The van der Waals surface area contributed by atoms with E-state index in [1.165, 1.54) is 48.1 Å². The van der Waals surface area contributed by atoms with Crippen LogP contribution in [0.15, 0.2) is 42.5 Å². The lowest BCUT2D eigenvalue weighted by molar-refractivity contribution is -0.127. The SMILES string of the molecule is C[C@H](NC(=O)[C@@H]1CCCN(Cc2ccc(F)cc2)C1)c1ccc2c(c1)CCCC2. The summed E-state index contributed by atoms with van der Waals surface area (Å²) in [5, 5.41) is 3.25. The van der Waals surface area contributed by atoms with E-state index in [2.05, 4.69) is 35.3 Å². The van der Waals surface area contributed by atoms with Crippen molar-refractivity contribution >= 4 is 5.91 Å². The third-order valence-corrected chi connectivity index (χ3v) is 6.43. The molecule has 0 bridgehead atoms. The summed E-state index contributed by atoms with van der Waals surface area (Å²) in [7, 11) is 0. The highest BCUT2D eigenvalue weighted by Crippen LogP contribution is 2.26. The molecule has 154 valence electrons. The minimum atomic E-state index is -0.208. The lowest BCUT2D eigenvalue weighted by atomic mass is 9.89. The van der Waals surface area contributed by atoms with Crippen molar-refractivity contribution in [2.45, 2.75) is 58.0 Å². The lowest BCUT2D eigenvalue weighted by Gasteiger charge is -2.32. The smallest absolute Gasteiger partial charge is 0.224 e. The van der Waals surface area contributed by atoms with Crippen LogP contribution in [-0.4, -0.2) is 23.9 Å². The molecule has 1 N–H and O–H groups in total. The van der Waals surface area contributed by atoms with E-state index in [4.69, 9.17) is 0 Å². The van der Waals surface area contributed by atoms with Crippen LogP contribution >= 0.6 is 0 Å². The molecule has 4 rings (SSSR count). The Bertz CT molecular complexity index is 848. The first-order valence-electron chi connectivity index (χ1n) is 11.0. The van der Waals surface area contributed by atoms with Gasteiger partial charge in [0.25, 0.3) is 0 Å². The zero-order chi connectivity index (χ0) is 20.2. The number of hydrogen-bond donors (Lipinski definition) is 1. The van der Waals surface area contributed by atoms with Gasteiger partial charge in [-0.3, -0.25) is 9.69 Å². The van der Waals surface area contributed by atoms with Gasteiger partial charge in [-0.15, -0.1) is 0 Å². The maximum absolute atomic E-state index is 13.1. The molecule has 1 saturated heterocycles. The molecule has 2 aromatic rings. The van der Waals surface area contributed by atoms with E-state index in [9.17, 15) is 9.18 Å². The van der Waals surface area contributed by atoms with Gasteiger partial charge < -0.3 is 5.32 Å². The first kappa shape index (κ1) is 20.1. The van der Waals surface area contributed by atoms with E-state index in [1.807, 2.05) is 12.1 Å². The van der Waals surface area contributed by atoms with Crippen molar-refractivity contribution in [1.82, 2.24) is 10.2 Å². The van der Waals surface area contributed by atoms with Gasteiger partial charge in [-0.2, -0.15) is 0 Å². The van der Waals surface area contributed by atoms with Gasteiger partial charge in [0, 0.05) is 13.1 Å². The highest BCUT2D eigenvalue weighted by atomic mass is 19.1. The van der Waals surface area contributed by atoms with E-state index >= 15 is 0 Å². The van der Waals surface area contributed by atoms with Gasteiger partial charge in [0.05, 0.1) is 12.0 Å². The van der Waals surface area contributed by atoms with Crippen LogP contribution in [0.5, 0.6) is 0 Å². The van der Waals surface area contributed by atoms with Crippen LogP contribution in [0.1, 0.15) is 60.9 Å². The fourth-order valence-electron chi connectivity index (χ4n) is 4.70. The molecular weight excluding hydrogens is 363 g/mol. The molecule has 0 aromatic heterocycles. The van der Waals surface area contributed by atoms with Crippen molar-refractivity contribution in [1.29, 1.82) is 0 Å². The Labute approximate surface area is 173 Å². The molecule has 29 heavy (non-hydrogen) atoms. The highest BCUT2D eigenvalue weighted by Gasteiger charge is 2.27. The first-order valence-corrected chi connectivity index (χ1v) is 11.0. The van der Waals surface area contributed by atoms with Crippen molar-refractivity contribution in [3.8, 4) is 0 Å². The Morgan fingerprint density at radius 2 is 1.86 bits per heavy atom. The number of piperidine rings is 1. The quantitative estimate of drug-likeness (QED) is 0.790. The topological polar surface area (TPSA) is 32.3 Å². The first-order chi connectivity index (χ1) is 14.1. The largest absolute Gasteiger partial charge is 0.349 e. The zero-order valence-corrected chi connectivity index (χ0v) is 17.3. The zero-order valence-electron chi connectivity index (χ0n) is 17.3. The van der Waals surface area contributed by atoms with Gasteiger partial charge >= 0.3 is 0 Å². The Hall–Kier alpha value is -2.20. The second-order valence-electron chi connectivity index (χ2n) is 8.67. The van der Waals surface area contributed by atoms with Gasteiger partial charge in [-0.1, -0.05) is 30.3 Å². The number of nitrogens with zero attached hydrogens (tertiary/aromatic N) is 1. The molecule has 2 aromatic carbocycles. The molecule has 0 saturated carbocycles. The van der Waals surface area contributed by atoms with E-state index in [0.717, 1.165) is 44.5 Å². The summed E-state index contributed by atoms with van der Waals surface area (Å²) in [5.41, 5.74) is 5.23. The minimum absolute atomic E-state index is 0.0178. The average Bonchev–Trinajstić information content (AvgIpc) is 2.75. The number of amides is 1. The van der Waals surface area contributed by atoms with Crippen LogP contribution < -0.4 is 5.32 Å². The molecule has 0 spiro atoms. The van der Waals surface area contributed by atoms with E-state index in [-0.39, 0.29) is 23.7 Å². The van der Waals surface area contributed by atoms with Crippen LogP contribution in [0.25, 0.3) is 0 Å². The van der Waals surface area contributed by atoms with E-state index < -0.39 is 0 Å². The number of carbonyl (C=O) groups is 1. The second-order valence-corrected chi connectivity index (χ2v) is 8.67. The maximum atomic E-state index is 13.1. The van der Waals surface area contributed by atoms with Crippen molar-refractivity contribution in [3.05, 3.63) is 70.5 Å². The molecule has 1 heterocycles. The van der Waals surface area contributed by atoms with Crippen LogP contribution in [0.3, 0.4) is 0 Å². The summed E-state index contributed by atoms with van der Waals surface area (Å²) < 4.78 is 13.1. The number of halogens is 1.